The molecule has 1 aromatic heterocycles. The maximum absolute atomic E-state index is 12.3. The van der Waals surface area contributed by atoms with E-state index in [0.717, 1.165) is 17.5 Å². The van der Waals surface area contributed by atoms with Gasteiger partial charge in [-0.1, -0.05) is 41.9 Å². The number of nitrogens with zero attached hydrogens (tertiary/aromatic N) is 2. The summed E-state index contributed by atoms with van der Waals surface area (Å²) in [4.78, 5) is 30.0. The molecular formula is C19H19ClN2O3. The normalized spacial score (nSPS) is 16.2. The zero-order chi connectivity index (χ0) is 17.8. The lowest BCUT2D eigenvalue weighted by Gasteiger charge is -2.36. The van der Waals surface area contributed by atoms with Gasteiger partial charge in [-0.3, -0.25) is 9.59 Å². The van der Waals surface area contributed by atoms with Gasteiger partial charge in [0.15, 0.2) is 0 Å². The highest BCUT2D eigenvalue weighted by Crippen LogP contribution is 2.32. The van der Waals surface area contributed by atoms with E-state index in [9.17, 15) is 9.59 Å². The summed E-state index contributed by atoms with van der Waals surface area (Å²) in [6.07, 6.45) is 2.52. The van der Waals surface area contributed by atoms with Crippen molar-refractivity contribution in [2.45, 2.75) is 32.4 Å². The fourth-order valence-corrected chi connectivity index (χ4v) is 3.23. The molecule has 6 heteroatoms. The van der Waals surface area contributed by atoms with Gasteiger partial charge < -0.3 is 9.64 Å². The monoisotopic (exact) mass is 358 g/mol. The summed E-state index contributed by atoms with van der Waals surface area (Å²) in [5.41, 5.74) is 2.97. The molecular weight excluding hydrogens is 340 g/mol. The van der Waals surface area contributed by atoms with Crippen LogP contribution in [0.1, 0.15) is 36.1 Å². The number of carbonyl (C=O) groups excluding carboxylic acids is 2. The van der Waals surface area contributed by atoms with Crippen LogP contribution in [-0.4, -0.2) is 28.3 Å². The smallest absolute Gasteiger partial charge is 0.308 e. The Hall–Kier alpha value is -2.40. The Labute approximate surface area is 151 Å². The first kappa shape index (κ1) is 17.4. The van der Waals surface area contributed by atoms with Crippen molar-refractivity contribution in [3.63, 3.8) is 0 Å². The molecule has 2 heterocycles. The largest absolute Gasteiger partial charge is 0.461 e. The van der Waals surface area contributed by atoms with Gasteiger partial charge in [0.05, 0.1) is 12.5 Å². The number of hydrogen-bond acceptors (Lipinski definition) is 4. The Balaban J connectivity index is 1.69. The van der Waals surface area contributed by atoms with Crippen molar-refractivity contribution in [2.75, 3.05) is 6.54 Å². The van der Waals surface area contributed by atoms with Crippen molar-refractivity contribution in [1.29, 1.82) is 0 Å². The molecule has 130 valence electrons. The topological polar surface area (TPSA) is 59.5 Å². The molecule has 0 N–H and O–H groups in total. The fraction of sp³-hybridized carbons (Fsp3) is 0.316. The number of fused-ring (bicyclic) bond motifs is 1. The third-order valence-electron chi connectivity index (χ3n) is 4.37. The van der Waals surface area contributed by atoms with Gasteiger partial charge in [-0.15, -0.1) is 0 Å². The zero-order valence-electron chi connectivity index (χ0n) is 13.9. The second-order valence-electron chi connectivity index (χ2n) is 6.03. The fourth-order valence-electron chi connectivity index (χ4n) is 3.12. The van der Waals surface area contributed by atoms with E-state index in [-0.39, 0.29) is 30.9 Å². The number of carbonyl (C=O) groups is 2. The number of aromatic nitrogens is 1. The molecule has 3 rings (SSSR count). The van der Waals surface area contributed by atoms with E-state index in [1.54, 1.807) is 23.2 Å². The van der Waals surface area contributed by atoms with Crippen molar-refractivity contribution in [3.8, 4) is 0 Å². The van der Waals surface area contributed by atoms with E-state index in [1.807, 2.05) is 24.3 Å². The predicted molar refractivity (Wildman–Crippen MR) is 93.9 cm³/mol. The third kappa shape index (κ3) is 4.17. The Bertz CT molecular complexity index is 776. The van der Waals surface area contributed by atoms with Crippen molar-refractivity contribution in [3.05, 3.63) is 64.4 Å². The molecule has 1 aliphatic heterocycles. The van der Waals surface area contributed by atoms with Gasteiger partial charge in [0.1, 0.15) is 11.8 Å². The van der Waals surface area contributed by atoms with Gasteiger partial charge in [0.25, 0.3) is 0 Å². The summed E-state index contributed by atoms with van der Waals surface area (Å²) >= 11 is 5.74. The minimum atomic E-state index is -0.345. The van der Waals surface area contributed by atoms with Crippen LogP contribution in [0.2, 0.25) is 5.15 Å². The van der Waals surface area contributed by atoms with Crippen LogP contribution in [0.5, 0.6) is 0 Å². The number of rotatable bonds is 4. The molecule has 1 aromatic carbocycles. The Morgan fingerprint density at radius 2 is 2.08 bits per heavy atom. The molecule has 2 aromatic rings. The van der Waals surface area contributed by atoms with E-state index in [4.69, 9.17) is 16.3 Å². The molecule has 0 spiro atoms. The molecule has 0 saturated carbocycles. The van der Waals surface area contributed by atoms with Crippen LogP contribution in [0.25, 0.3) is 0 Å². The second-order valence-corrected chi connectivity index (χ2v) is 6.42. The summed E-state index contributed by atoms with van der Waals surface area (Å²) in [6, 6.07) is 11.1. The lowest BCUT2D eigenvalue weighted by molar-refractivity contribution is -0.147. The van der Waals surface area contributed by atoms with Crippen LogP contribution < -0.4 is 0 Å². The minimum Gasteiger partial charge on any atom is -0.461 e. The highest BCUT2D eigenvalue weighted by Gasteiger charge is 2.31. The Morgan fingerprint density at radius 3 is 2.80 bits per heavy atom. The highest BCUT2D eigenvalue weighted by molar-refractivity contribution is 6.29. The number of amides is 1. The molecule has 0 radical (unpaired) electrons. The summed E-state index contributed by atoms with van der Waals surface area (Å²) in [5, 5.41) is 0.394. The van der Waals surface area contributed by atoms with E-state index in [1.165, 1.54) is 12.5 Å². The second kappa shape index (κ2) is 7.66. The van der Waals surface area contributed by atoms with E-state index in [0.29, 0.717) is 11.7 Å². The molecule has 0 saturated heterocycles. The zero-order valence-corrected chi connectivity index (χ0v) is 14.7. The maximum Gasteiger partial charge on any atom is 0.308 e. The third-order valence-corrected chi connectivity index (χ3v) is 4.59. The number of hydrogen-bond donors (Lipinski definition) is 0. The molecule has 0 aliphatic carbocycles. The quantitative estimate of drug-likeness (QED) is 0.621. The SMILES string of the molecule is CC(=O)N1CCc2ccccc2C1CC(=O)OCc1ccc(Cl)nc1. The molecule has 1 aliphatic rings. The van der Waals surface area contributed by atoms with Crippen LogP contribution in [0, 0.1) is 0 Å². The van der Waals surface area contributed by atoms with Gasteiger partial charge in [0, 0.05) is 25.2 Å². The molecule has 5 nitrogen and oxygen atoms in total. The van der Waals surface area contributed by atoms with Gasteiger partial charge in [-0.2, -0.15) is 0 Å². The minimum absolute atomic E-state index is 0.0331. The highest BCUT2D eigenvalue weighted by atomic mass is 35.5. The Kier molecular flexibility index (Phi) is 5.34. The van der Waals surface area contributed by atoms with Crippen molar-refractivity contribution in [2.24, 2.45) is 0 Å². The number of esters is 1. The van der Waals surface area contributed by atoms with Gasteiger partial charge in [-0.25, -0.2) is 4.98 Å². The molecule has 0 fully saturated rings. The number of ether oxygens (including phenoxy) is 1. The molecule has 1 amide bonds. The number of pyridine rings is 1. The van der Waals surface area contributed by atoms with Crippen LogP contribution in [0.3, 0.4) is 0 Å². The van der Waals surface area contributed by atoms with Crippen LogP contribution >= 0.6 is 11.6 Å². The van der Waals surface area contributed by atoms with Crippen molar-refractivity contribution in [1.82, 2.24) is 9.88 Å². The first-order valence-electron chi connectivity index (χ1n) is 8.15. The summed E-state index contributed by atoms with van der Waals surface area (Å²) < 4.78 is 5.35. The number of halogens is 1. The van der Waals surface area contributed by atoms with Crippen molar-refractivity contribution < 1.29 is 14.3 Å². The molecule has 1 atom stereocenters. The first-order valence-corrected chi connectivity index (χ1v) is 8.53. The van der Waals surface area contributed by atoms with Gasteiger partial charge in [0.2, 0.25) is 5.91 Å². The van der Waals surface area contributed by atoms with E-state index >= 15 is 0 Å². The molecule has 1 unspecified atom stereocenters. The predicted octanol–water partition coefficient (Wildman–Crippen LogP) is 3.31. The van der Waals surface area contributed by atoms with Crippen LogP contribution in [0.4, 0.5) is 0 Å². The summed E-state index contributed by atoms with van der Waals surface area (Å²) in [5.74, 6) is -0.378. The van der Waals surface area contributed by atoms with E-state index in [2.05, 4.69) is 4.98 Å². The van der Waals surface area contributed by atoms with Crippen molar-refractivity contribution >= 4 is 23.5 Å². The summed E-state index contributed by atoms with van der Waals surface area (Å²) in [6.45, 7) is 2.29. The van der Waals surface area contributed by atoms with Gasteiger partial charge >= 0.3 is 5.97 Å². The standard InChI is InChI=1S/C19H19ClN2O3/c1-13(23)22-9-8-15-4-2-3-5-16(15)17(22)10-19(24)25-12-14-6-7-18(20)21-11-14/h2-7,11,17H,8-10,12H2,1H3. The summed E-state index contributed by atoms with van der Waals surface area (Å²) in [7, 11) is 0. The average Bonchev–Trinajstić information content (AvgIpc) is 2.61. The Morgan fingerprint density at radius 1 is 1.28 bits per heavy atom. The first-order chi connectivity index (χ1) is 12.0. The average molecular weight is 359 g/mol. The lowest BCUT2D eigenvalue weighted by Crippen LogP contribution is -2.39. The van der Waals surface area contributed by atoms with Gasteiger partial charge in [-0.05, 0) is 23.6 Å². The lowest BCUT2D eigenvalue weighted by atomic mass is 9.90. The van der Waals surface area contributed by atoms with Crippen LogP contribution in [0.15, 0.2) is 42.6 Å². The molecule has 25 heavy (non-hydrogen) atoms. The van der Waals surface area contributed by atoms with E-state index < -0.39 is 0 Å². The molecule has 0 bridgehead atoms. The maximum atomic E-state index is 12.3. The van der Waals surface area contributed by atoms with Crippen LogP contribution in [-0.2, 0) is 27.4 Å². The number of benzene rings is 1.